The van der Waals surface area contributed by atoms with Crippen LogP contribution in [0.1, 0.15) is 41.6 Å². The van der Waals surface area contributed by atoms with Gasteiger partial charge in [0.25, 0.3) is 0 Å². The molecule has 0 saturated carbocycles. The first-order valence-electron chi connectivity index (χ1n) is 10.8. The van der Waals surface area contributed by atoms with Gasteiger partial charge in [0.2, 0.25) is 5.91 Å². The van der Waals surface area contributed by atoms with Crippen LogP contribution in [0.3, 0.4) is 0 Å². The molecule has 2 aromatic carbocycles. The molecule has 31 heavy (non-hydrogen) atoms. The van der Waals surface area contributed by atoms with E-state index in [1.807, 2.05) is 60.8 Å². The van der Waals surface area contributed by atoms with Crippen molar-refractivity contribution >= 4 is 17.2 Å². The van der Waals surface area contributed by atoms with Gasteiger partial charge >= 0.3 is 0 Å². The SMILES string of the molecule is CCc1ccc(NC(=O)CCc2c(C)nc3c(-c4ccccc4)c(C)nn3c2C)cc1. The lowest BCUT2D eigenvalue weighted by molar-refractivity contribution is -0.116. The number of anilines is 1. The number of amides is 1. The minimum Gasteiger partial charge on any atom is -0.326 e. The predicted octanol–water partition coefficient (Wildman–Crippen LogP) is 5.46. The van der Waals surface area contributed by atoms with Crippen LogP contribution in [0.2, 0.25) is 0 Å². The number of carbonyl (C=O) groups is 1. The number of hydrogen-bond donors (Lipinski definition) is 1. The monoisotopic (exact) mass is 412 g/mol. The maximum atomic E-state index is 12.5. The van der Waals surface area contributed by atoms with Gasteiger partial charge in [0.1, 0.15) is 0 Å². The number of carbonyl (C=O) groups excluding carboxylic acids is 1. The van der Waals surface area contributed by atoms with E-state index < -0.39 is 0 Å². The minimum absolute atomic E-state index is 0.00441. The van der Waals surface area contributed by atoms with Gasteiger partial charge in [0.05, 0.1) is 5.69 Å². The fourth-order valence-corrected chi connectivity index (χ4v) is 4.06. The summed E-state index contributed by atoms with van der Waals surface area (Å²) in [7, 11) is 0. The largest absolute Gasteiger partial charge is 0.326 e. The van der Waals surface area contributed by atoms with Gasteiger partial charge in [-0.3, -0.25) is 4.79 Å². The number of nitrogens with zero attached hydrogens (tertiary/aromatic N) is 3. The first-order chi connectivity index (χ1) is 15.0. The summed E-state index contributed by atoms with van der Waals surface area (Å²) in [5.41, 5.74) is 9.14. The van der Waals surface area contributed by atoms with Crippen molar-refractivity contribution in [2.24, 2.45) is 0 Å². The lowest BCUT2D eigenvalue weighted by Crippen LogP contribution is -2.14. The van der Waals surface area contributed by atoms with Crippen LogP contribution in [0.4, 0.5) is 5.69 Å². The van der Waals surface area contributed by atoms with Gasteiger partial charge in [-0.25, -0.2) is 9.50 Å². The third kappa shape index (κ3) is 4.22. The van der Waals surface area contributed by atoms with Gasteiger partial charge in [0, 0.05) is 29.1 Å². The number of hydrogen-bond acceptors (Lipinski definition) is 3. The fraction of sp³-hybridized carbons (Fsp3) is 0.269. The van der Waals surface area contributed by atoms with E-state index in [-0.39, 0.29) is 5.91 Å². The van der Waals surface area contributed by atoms with Crippen LogP contribution >= 0.6 is 0 Å². The Balaban J connectivity index is 1.56. The van der Waals surface area contributed by atoms with Crippen LogP contribution in [0.15, 0.2) is 54.6 Å². The Labute approximate surface area is 183 Å². The highest BCUT2D eigenvalue weighted by Crippen LogP contribution is 2.29. The molecule has 0 aliphatic heterocycles. The normalized spacial score (nSPS) is 11.1. The Hall–Kier alpha value is -3.47. The molecular formula is C26H28N4O. The summed E-state index contributed by atoms with van der Waals surface area (Å²) in [5, 5.41) is 7.75. The molecule has 158 valence electrons. The second kappa shape index (κ2) is 8.72. The summed E-state index contributed by atoms with van der Waals surface area (Å²) in [6.45, 7) is 8.20. The topological polar surface area (TPSA) is 59.3 Å². The molecule has 5 nitrogen and oxygen atoms in total. The minimum atomic E-state index is 0.00441. The van der Waals surface area contributed by atoms with Crippen LogP contribution in [0.25, 0.3) is 16.8 Å². The van der Waals surface area contributed by atoms with Gasteiger partial charge in [0.15, 0.2) is 5.65 Å². The zero-order valence-electron chi connectivity index (χ0n) is 18.6. The first kappa shape index (κ1) is 20.8. The van der Waals surface area contributed by atoms with Crippen molar-refractivity contribution in [1.82, 2.24) is 14.6 Å². The number of nitrogens with one attached hydrogen (secondary N) is 1. The van der Waals surface area contributed by atoms with Crippen LogP contribution in [0, 0.1) is 20.8 Å². The highest BCUT2D eigenvalue weighted by molar-refractivity contribution is 5.90. The van der Waals surface area contributed by atoms with Crippen molar-refractivity contribution in [3.05, 3.63) is 82.8 Å². The quantitative estimate of drug-likeness (QED) is 0.458. The number of rotatable bonds is 6. The molecule has 4 rings (SSSR count). The van der Waals surface area contributed by atoms with Crippen molar-refractivity contribution in [3.63, 3.8) is 0 Å². The van der Waals surface area contributed by atoms with E-state index in [2.05, 4.69) is 31.3 Å². The second-order valence-corrected chi connectivity index (χ2v) is 7.92. The van der Waals surface area contributed by atoms with Crippen LogP contribution < -0.4 is 5.32 Å². The molecule has 0 spiro atoms. The average Bonchev–Trinajstić information content (AvgIpc) is 3.10. The zero-order valence-corrected chi connectivity index (χ0v) is 18.6. The molecule has 5 heteroatoms. The lowest BCUT2D eigenvalue weighted by Gasteiger charge is -2.12. The van der Waals surface area contributed by atoms with E-state index in [0.29, 0.717) is 12.8 Å². The average molecular weight is 413 g/mol. The summed E-state index contributed by atoms with van der Waals surface area (Å²) in [4.78, 5) is 17.4. The summed E-state index contributed by atoms with van der Waals surface area (Å²) < 4.78 is 1.92. The Morgan fingerprint density at radius 3 is 2.35 bits per heavy atom. The van der Waals surface area contributed by atoms with Gasteiger partial charge in [-0.2, -0.15) is 5.10 Å². The summed E-state index contributed by atoms with van der Waals surface area (Å²) in [6, 6.07) is 18.2. The molecule has 0 radical (unpaired) electrons. The highest BCUT2D eigenvalue weighted by Gasteiger charge is 2.18. The Morgan fingerprint density at radius 1 is 0.968 bits per heavy atom. The van der Waals surface area contributed by atoms with Crippen molar-refractivity contribution in [1.29, 1.82) is 0 Å². The molecule has 1 N–H and O–H groups in total. The zero-order chi connectivity index (χ0) is 22.0. The third-order valence-electron chi connectivity index (χ3n) is 5.81. The van der Waals surface area contributed by atoms with Gasteiger partial charge in [-0.15, -0.1) is 0 Å². The maximum absolute atomic E-state index is 12.5. The molecule has 0 atom stereocenters. The molecule has 2 aromatic heterocycles. The molecule has 2 heterocycles. The van der Waals surface area contributed by atoms with Crippen molar-refractivity contribution in [2.75, 3.05) is 5.32 Å². The van der Waals surface area contributed by atoms with E-state index in [0.717, 1.165) is 51.5 Å². The number of benzene rings is 2. The van der Waals surface area contributed by atoms with Gasteiger partial charge < -0.3 is 5.32 Å². The fourth-order valence-electron chi connectivity index (χ4n) is 4.06. The number of aromatic nitrogens is 3. The first-order valence-corrected chi connectivity index (χ1v) is 10.8. The Kier molecular flexibility index (Phi) is 5.85. The summed E-state index contributed by atoms with van der Waals surface area (Å²) in [5.74, 6) is 0.00441. The smallest absolute Gasteiger partial charge is 0.224 e. The maximum Gasteiger partial charge on any atom is 0.224 e. The highest BCUT2D eigenvalue weighted by atomic mass is 16.1. The Bertz CT molecular complexity index is 1220. The predicted molar refractivity (Wildman–Crippen MR) is 125 cm³/mol. The molecule has 4 aromatic rings. The molecular weight excluding hydrogens is 384 g/mol. The molecule has 0 bridgehead atoms. The molecule has 0 aliphatic rings. The lowest BCUT2D eigenvalue weighted by atomic mass is 10.0. The second-order valence-electron chi connectivity index (χ2n) is 7.92. The Morgan fingerprint density at radius 2 is 1.68 bits per heavy atom. The third-order valence-corrected chi connectivity index (χ3v) is 5.81. The summed E-state index contributed by atoms with van der Waals surface area (Å²) >= 11 is 0. The van der Waals surface area contributed by atoms with Crippen molar-refractivity contribution in [3.8, 4) is 11.1 Å². The van der Waals surface area contributed by atoms with Crippen LogP contribution in [-0.4, -0.2) is 20.5 Å². The van der Waals surface area contributed by atoms with E-state index in [1.54, 1.807) is 0 Å². The van der Waals surface area contributed by atoms with Gasteiger partial charge in [-0.1, -0.05) is 49.4 Å². The molecule has 0 saturated heterocycles. The van der Waals surface area contributed by atoms with E-state index >= 15 is 0 Å². The van der Waals surface area contributed by atoms with Crippen molar-refractivity contribution in [2.45, 2.75) is 47.0 Å². The standard InChI is InChI=1S/C26H28N4O/c1-5-20-11-13-22(14-12-20)28-24(31)16-15-23-17(2)27-26-25(21-9-7-6-8-10-21)18(3)29-30(26)19(23)4/h6-14H,5,15-16H2,1-4H3,(H,28,31). The van der Waals surface area contributed by atoms with Crippen LogP contribution in [-0.2, 0) is 17.6 Å². The molecule has 1 amide bonds. The van der Waals surface area contributed by atoms with Crippen LogP contribution in [0.5, 0.6) is 0 Å². The molecule has 0 aliphatic carbocycles. The van der Waals surface area contributed by atoms with Crippen molar-refractivity contribution < 1.29 is 4.79 Å². The number of aryl methyl sites for hydroxylation is 4. The molecule has 0 fully saturated rings. The summed E-state index contributed by atoms with van der Waals surface area (Å²) in [6.07, 6.45) is 2.01. The molecule has 0 unspecified atom stereocenters. The number of fused-ring (bicyclic) bond motifs is 1. The van der Waals surface area contributed by atoms with E-state index in [9.17, 15) is 4.79 Å². The van der Waals surface area contributed by atoms with E-state index in [1.165, 1.54) is 5.56 Å². The van der Waals surface area contributed by atoms with Gasteiger partial charge in [-0.05, 0) is 62.4 Å². The van der Waals surface area contributed by atoms with E-state index in [4.69, 9.17) is 10.1 Å².